The fourth-order valence-corrected chi connectivity index (χ4v) is 2.73. The third kappa shape index (κ3) is 3.00. The van der Waals surface area contributed by atoms with E-state index in [-0.39, 0.29) is 11.4 Å². The summed E-state index contributed by atoms with van der Waals surface area (Å²) in [5.74, 6) is -0.0265. The number of nitrogen functional groups attached to an aromatic ring is 1. The topological polar surface area (TPSA) is 58.4 Å². The van der Waals surface area contributed by atoms with Crippen molar-refractivity contribution in [3.8, 4) is 0 Å². The van der Waals surface area contributed by atoms with Crippen molar-refractivity contribution in [1.82, 2.24) is 5.32 Å². The lowest BCUT2D eigenvalue weighted by atomic mass is 10.00. The van der Waals surface area contributed by atoms with Crippen LogP contribution in [0.3, 0.4) is 0 Å². The second kappa shape index (κ2) is 5.11. The first-order chi connectivity index (χ1) is 8.91. The van der Waals surface area contributed by atoms with E-state index in [1.165, 1.54) is 12.8 Å². The summed E-state index contributed by atoms with van der Waals surface area (Å²) in [7, 11) is 3.87. The van der Waals surface area contributed by atoms with Crippen LogP contribution in [0.1, 0.15) is 43.0 Å². The standard InChI is InChI=1S/C15H23N3O/c1-15(8-4-5-9-15)17-14(19)11-6-7-13(18(2)3)12(16)10-11/h6-7,10H,4-5,8-9,16H2,1-3H3,(H,17,19). The summed E-state index contributed by atoms with van der Waals surface area (Å²) in [6.45, 7) is 2.12. The van der Waals surface area contributed by atoms with E-state index in [2.05, 4.69) is 12.2 Å². The molecule has 2 rings (SSSR count). The molecule has 3 N–H and O–H groups in total. The van der Waals surface area contributed by atoms with E-state index in [4.69, 9.17) is 5.73 Å². The van der Waals surface area contributed by atoms with Crippen molar-refractivity contribution in [1.29, 1.82) is 0 Å². The molecular formula is C15H23N3O. The second-order valence-corrected chi connectivity index (χ2v) is 5.89. The molecule has 0 radical (unpaired) electrons. The number of anilines is 2. The summed E-state index contributed by atoms with van der Waals surface area (Å²) in [5, 5.41) is 3.14. The maximum atomic E-state index is 12.3. The fourth-order valence-electron chi connectivity index (χ4n) is 2.73. The van der Waals surface area contributed by atoms with Crippen LogP contribution >= 0.6 is 0 Å². The number of hydrogen-bond acceptors (Lipinski definition) is 3. The van der Waals surface area contributed by atoms with Gasteiger partial charge in [-0.25, -0.2) is 0 Å². The number of nitrogens with zero attached hydrogens (tertiary/aromatic N) is 1. The maximum Gasteiger partial charge on any atom is 0.251 e. The number of amides is 1. The Kier molecular flexibility index (Phi) is 3.69. The summed E-state index contributed by atoms with van der Waals surface area (Å²) in [6, 6.07) is 5.48. The molecule has 4 nitrogen and oxygen atoms in total. The SMILES string of the molecule is CN(C)c1ccc(C(=O)NC2(C)CCCC2)cc1N. The van der Waals surface area contributed by atoms with Gasteiger partial charge in [0.15, 0.2) is 0 Å². The Balaban J connectivity index is 2.13. The Morgan fingerprint density at radius 2 is 1.95 bits per heavy atom. The highest BCUT2D eigenvalue weighted by molar-refractivity contribution is 5.96. The zero-order valence-corrected chi connectivity index (χ0v) is 12.0. The zero-order valence-electron chi connectivity index (χ0n) is 12.0. The highest BCUT2D eigenvalue weighted by Gasteiger charge is 2.30. The molecule has 19 heavy (non-hydrogen) atoms. The Hall–Kier alpha value is -1.71. The molecule has 104 valence electrons. The molecule has 1 aliphatic rings. The van der Waals surface area contributed by atoms with Crippen LogP contribution in [-0.2, 0) is 0 Å². The quantitative estimate of drug-likeness (QED) is 0.821. The van der Waals surface area contributed by atoms with E-state index in [9.17, 15) is 4.79 Å². The third-order valence-corrected chi connectivity index (χ3v) is 3.89. The predicted molar refractivity (Wildman–Crippen MR) is 79.5 cm³/mol. The Bertz CT molecular complexity index is 476. The lowest BCUT2D eigenvalue weighted by Crippen LogP contribution is -2.43. The van der Waals surface area contributed by atoms with Gasteiger partial charge in [0.25, 0.3) is 5.91 Å². The Morgan fingerprint density at radius 1 is 1.32 bits per heavy atom. The third-order valence-electron chi connectivity index (χ3n) is 3.89. The molecule has 1 fully saturated rings. The molecule has 0 aliphatic heterocycles. The van der Waals surface area contributed by atoms with Crippen LogP contribution in [0.4, 0.5) is 11.4 Å². The minimum absolute atomic E-state index is 0.0265. The highest BCUT2D eigenvalue weighted by atomic mass is 16.1. The molecule has 1 amide bonds. The highest BCUT2D eigenvalue weighted by Crippen LogP contribution is 2.29. The van der Waals surface area contributed by atoms with Gasteiger partial charge in [-0.1, -0.05) is 12.8 Å². The molecular weight excluding hydrogens is 238 g/mol. The van der Waals surface area contributed by atoms with Gasteiger partial charge < -0.3 is 16.0 Å². The first kappa shape index (κ1) is 13.7. The molecule has 0 bridgehead atoms. The molecule has 0 spiro atoms. The van der Waals surface area contributed by atoms with Gasteiger partial charge in [0.2, 0.25) is 0 Å². The van der Waals surface area contributed by atoms with E-state index >= 15 is 0 Å². The van der Waals surface area contributed by atoms with Crippen LogP contribution in [0.2, 0.25) is 0 Å². The Labute approximate surface area is 115 Å². The van der Waals surface area contributed by atoms with E-state index in [0.29, 0.717) is 11.3 Å². The van der Waals surface area contributed by atoms with Crippen LogP contribution in [0, 0.1) is 0 Å². The number of nitrogens with one attached hydrogen (secondary N) is 1. The van der Waals surface area contributed by atoms with Crippen molar-refractivity contribution in [2.24, 2.45) is 0 Å². The maximum absolute atomic E-state index is 12.3. The van der Waals surface area contributed by atoms with Crippen LogP contribution in [0.15, 0.2) is 18.2 Å². The molecule has 4 heteroatoms. The van der Waals surface area contributed by atoms with Gasteiger partial charge in [-0.3, -0.25) is 4.79 Å². The van der Waals surface area contributed by atoms with Crippen LogP contribution in [-0.4, -0.2) is 25.5 Å². The van der Waals surface area contributed by atoms with Crippen LogP contribution < -0.4 is 16.0 Å². The number of hydrogen-bond donors (Lipinski definition) is 2. The van der Waals surface area contributed by atoms with Crippen molar-refractivity contribution in [2.75, 3.05) is 24.7 Å². The molecule has 0 heterocycles. The van der Waals surface area contributed by atoms with Crippen molar-refractivity contribution in [2.45, 2.75) is 38.1 Å². The number of benzene rings is 1. The van der Waals surface area contributed by atoms with Gasteiger partial charge in [0, 0.05) is 25.2 Å². The van der Waals surface area contributed by atoms with E-state index < -0.39 is 0 Å². The van der Waals surface area contributed by atoms with E-state index in [0.717, 1.165) is 18.5 Å². The van der Waals surface area contributed by atoms with E-state index in [1.54, 1.807) is 6.07 Å². The number of rotatable bonds is 3. The Morgan fingerprint density at radius 3 is 2.47 bits per heavy atom. The van der Waals surface area contributed by atoms with Crippen LogP contribution in [0.25, 0.3) is 0 Å². The summed E-state index contributed by atoms with van der Waals surface area (Å²) >= 11 is 0. The van der Waals surface area contributed by atoms with Gasteiger partial charge in [0.05, 0.1) is 11.4 Å². The van der Waals surface area contributed by atoms with Gasteiger partial charge >= 0.3 is 0 Å². The number of carbonyl (C=O) groups excluding carboxylic acids is 1. The molecule has 1 aromatic carbocycles. The molecule has 1 saturated carbocycles. The normalized spacial score (nSPS) is 17.2. The van der Waals surface area contributed by atoms with Crippen molar-refractivity contribution in [3.05, 3.63) is 23.8 Å². The first-order valence-corrected chi connectivity index (χ1v) is 6.81. The molecule has 1 aliphatic carbocycles. The number of carbonyl (C=O) groups is 1. The van der Waals surface area contributed by atoms with Crippen molar-refractivity contribution < 1.29 is 4.79 Å². The minimum atomic E-state index is -0.0495. The summed E-state index contributed by atoms with van der Waals surface area (Å²) < 4.78 is 0. The lowest BCUT2D eigenvalue weighted by Gasteiger charge is -2.25. The van der Waals surface area contributed by atoms with Gasteiger partial charge in [-0.05, 0) is 38.0 Å². The van der Waals surface area contributed by atoms with Gasteiger partial charge in [0.1, 0.15) is 0 Å². The number of nitrogens with two attached hydrogens (primary N) is 1. The average molecular weight is 261 g/mol. The smallest absolute Gasteiger partial charge is 0.251 e. The predicted octanol–water partition coefficient (Wildman–Crippen LogP) is 2.40. The minimum Gasteiger partial charge on any atom is -0.397 e. The summed E-state index contributed by atoms with van der Waals surface area (Å²) in [6.07, 6.45) is 4.50. The van der Waals surface area contributed by atoms with Gasteiger partial charge in [-0.15, -0.1) is 0 Å². The van der Waals surface area contributed by atoms with Crippen molar-refractivity contribution in [3.63, 3.8) is 0 Å². The van der Waals surface area contributed by atoms with Gasteiger partial charge in [-0.2, -0.15) is 0 Å². The average Bonchev–Trinajstić information content (AvgIpc) is 2.75. The molecule has 0 unspecified atom stereocenters. The first-order valence-electron chi connectivity index (χ1n) is 6.81. The lowest BCUT2D eigenvalue weighted by molar-refractivity contribution is 0.0908. The molecule has 0 aromatic heterocycles. The molecule has 0 atom stereocenters. The molecule has 0 saturated heterocycles. The largest absolute Gasteiger partial charge is 0.397 e. The summed E-state index contributed by atoms with van der Waals surface area (Å²) in [4.78, 5) is 14.2. The molecule has 1 aromatic rings. The fraction of sp³-hybridized carbons (Fsp3) is 0.533. The van der Waals surface area contributed by atoms with E-state index in [1.807, 2.05) is 31.1 Å². The second-order valence-electron chi connectivity index (χ2n) is 5.89. The monoisotopic (exact) mass is 261 g/mol. The zero-order chi connectivity index (χ0) is 14.0. The summed E-state index contributed by atoms with van der Waals surface area (Å²) in [5.41, 5.74) is 8.13. The van der Waals surface area contributed by atoms with Crippen LogP contribution in [0.5, 0.6) is 0 Å². The van der Waals surface area contributed by atoms with Crippen molar-refractivity contribution >= 4 is 17.3 Å².